The fourth-order valence-corrected chi connectivity index (χ4v) is 9.67. The summed E-state index contributed by atoms with van der Waals surface area (Å²) in [4.78, 5) is 30.3. The highest BCUT2D eigenvalue weighted by Crippen LogP contribution is 2.61. The van der Waals surface area contributed by atoms with E-state index in [1.165, 1.54) is 38.5 Å². The van der Waals surface area contributed by atoms with Gasteiger partial charge in [0, 0.05) is 0 Å². The lowest BCUT2D eigenvalue weighted by Gasteiger charge is -2.55. The normalized spacial score (nSPS) is 43.9. The van der Waals surface area contributed by atoms with Crippen molar-refractivity contribution >= 4 is 11.9 Å². The van der Waals surface area contributed by atoms with Crippen molar-refractivity contribution in [3.63, 3.8) is 0 Å². The van der Waals surface area contributed by atoms with Crippen LogP contribution in [0, 0.1) is 46.3 Å². The Bertz CT molecular complexity index is 788. The molecular formula is C26H36F3NO5. The Balaban J connectivity index is 1.10. The second-order valence-corrected chi connectivity index (χ2v) is 12.9. The minimum absolute atomic E-state index is 0.257. The molecule has 0 spiro atoms. The Labute approximate surface area is 203 Å². The summed E-state index contributed by atoms with van der Waals surface area (Å²) >= 11 is 0. The number of halogens is 3. The third-order valence-corrected chi connectivity index (χ3v) is 10.1. The minimum atomic E-state index is -4.86. The average molecular weight is 500 g/mol. The molecule has 0 radical (unpaired) electrons. The molecule has 0 aromatic heterocycles. The molecule has 8 fully saturated rings. The van der Waals surface area contributed by atoms with Crippen molar-refractivity contribution in [1.29, 1.82) is 0 Å². The van der Waals surface area contributed by atoms with Crippen molar-refractivity contribution < 1.29 is 37.1 Å². The van der Waals surface area contributed by atoms with Crippen LogP contribution in [0.4, 0.5) is 13.2 Å². The topological polar surface area (TPSA) is 73.9 Å². The largest absolute Gasteiger partial charge is 0.538 e. The van der Waals surface area contributed by atoms with Crippen LogP contribution in [0.1, 0.15) is 77.0 Å². The van der Waals surface area contributed by atoms with E-state index in [2.05, 4.69) is 4.84 Å². The Morgan fingerprint density at radius 1 is 0.743 bits per heavy atom. The van der Waals surface area contributed by atoms with Crippen molar-refractivity contribution in [1.82, 2.24) is 5.48 Å². The zero-order valence-electron chi connectivity index (χ0n) is 20.1. The number of ether oxygens (including phenoxy) is 2. The summed E-state index contributed by atoms with van der Waals surface area (Å²) in [5.41, 5.74) is 0.857. The lowest BCUT2D eigenvalue weighted by molar-refractivity contribution is -0.352. The van der Waals surface area contributed by atoms with Crippen molar-refractivity contribution in [2.24, 2.45) is 46.3 Å². The first-order valence-corrected chi connectivity index (χ1v) is 13.5. The van der Waals surface area contributed by atoms with Crippen LogP contribution in [0.15, 0.2) is 0 Å². The first-order chi connectivity index (χ1) is 16.6. The summed E-state index contributed by atoms with van der Waals surface area (Å²) in [5.74, 6) is 2.69. The van der Waals surface area contributed by atoms with Crippen LogP contribution in [-0.2, 0) is 23.9 Å². The number of carbonyl (C=O) groups excluding carboxylic acids is 2. The van der Waals surface area contributed by atoms with Gasteiger partial charge < -0.3 is 9.47 Å². The van der Waals surface area contributed by atoms with Crippen LogP contribution in [0.25, 0.3) is 0 Å². The lowest BCUT2D eigenvalue weighted by Crippen LogP contribution is -2.52. The molecule has 1 N–H and O–H groups in total. The Hall–Kier alpha value is -1.35. The van der Waals surface area contributed by atoms with Crippen molar-refractivity contribution in [2.75, 3.05) is 13.2 Å². The number of rotatable bonds is 8. The fourth-order valence-electron chi connectivity index (χ4n) is 9.67. The van der Waals surface area contributed by atoms with Gasteiger partial charge in [0.25, 0.3) is 0 Å². The highest BCUT2D eigenvalue weighted by atomic mass is 19.4. The van der Waals surface area contributed by atoms with Crippen LogP contribution in [-0.4, -0.2) is 37.6 Å². The van der Waals surface area contributed by atoms with Gasteiger partial charge in [-0.2, -0.15) is 5.48 Å². The fraction of sp³-hybridized carbons (Fsp3) is 0.923. The number of hydrogen-bond acceptors (Lipinski definition) is 6. The van der Waals surface area contributed by atoms with E-state index in [0.29, 0.717) is 35.5 Å². The number of carbonyl (C=O) groups is 2. The monoisotopic (exact) mass is 499 g/mol. The van der Waals surface area contributed by atoms with Gasteiger partial charge >= 0.3 is 18.3 Å². The molecule has 196 valence electrons. The van der Waals surface area contributed by atoms with Gasteiger partial charge in [0.2, 0.25) is 0 Å². The Kier molecular flexibility index (Phi) is 5.90. The molecule has 8 aliphatic rings. The maximum atomic E-state index is 13.4. The molecule has 1 unspecified atom stereocenters. The second-order valence-electron chi connectivity index (χ2n) is 12.9. The van der Waals surface area contributed by atoms with E-state index >= 15 is 0 Å². The van der Waals surface area contributed by atoms with Crippen LogP contribution in [0.2, 0.25) is 0 Å². The SMILES string of the molecule is O=C(OCC(CNOC(F)(F)F)OC(=O)C12CC3CC(CC(C3)C1)C2)C12CC3CC(CC(C3)C1)C2. The van der Waals surface area contributed by atoms with Gasteiger partial charge in [0.1, 0.15) is 6.61 Å². The van der Waals surface area contributed by atoms with Crippen LogP contribution >= 0.6 is 0 Å². The summed E-state index contributed by atoms with van der Waals surface area (Å²) in [7, 11) is 0. The van der Waals surface area contributed by atoms with E-state index in [0.717, 1.165) is 38.5 Å². The molecule has 0 amide bonds. The first kappa shape index (κ1) is 24.0. The molecule has 9 heteroatoms. The molecule has 35 heavy (non-hydrogen) atoms. The summed E-state index contributed by atoms with van der Waals surface area (Å²) in [6.07, 6.45) is 6.09. The van der Waals surface area contributed by atoms with E-state index in [1.54, 1.807) is 0 Å². The summed E-state index contributed by atoms with van der Waals surface area (Å²) in [5, 5.41) is 0. The predicted molar refractivity (Wildman–Crippen MR) is 117 cm³/mol. The highest BCUT2D eigenvalue weighted by Gasteiger charge is 2.57. The molecule has 0 saturated heterocycles. The smallest absolute Gasteiger partial charge is 0.461 e. The van der Waals surface area contributed by atoms with E-state index in [9.17, 15) is 22.8 Å². The lowest BCUT2D eigenvalue weighted by atomic mass is 9.49. The third-order valence-electron chi connectivity index (χ3n) is 10.1. The Morgan fingerprint density at radius 3 is 1.54 bits per heavy atom. The van der Waals surface area contributed by atoms with E-state index in [-0.39, 0.29) is 18.5 Å². The average Bonchev–Trinajstić information content (AvgIpc) is 2.74. The summed E-state index contributed by atoms with van der Waals surface area (Å²) < 4.78 is 49.1. The van der Waals surface area contributed by atoms with Gasteiger partial charge in [-0.05, 0) is 113 Å². The van der Waals surface area contributed by atoms with Crippen LogP contribution in [0.5, 0.6) is 0 Å². The minimum Gasteiger partial charge on any atom is -0.461 e. The number of esters is 2. The van der Waals surface area contributed by atoms with Crippen molar-refractivity contribution in [2.45, 2.75) is 89.5 Å². The zero-order valence-corrected chi connectivity index (χ0v) is 20.1. The number of alkyl halides is 3. The molecule has 8 rings (SSSR count). The molecule has 0 aromatic rings. The molecule has 0 aliphatic heterocycles. The first-order valence-electron chi connectivity index (χ1n) is 13.5. The van der Waals surface area contributed by atoms with Crippen LogP contribution < -0.4 is 5.48 Å². The van der Waals surface area contributed by atoms with Crippen molar-refractivity contribution in [3.05, 3.63) is 0 Å². The second kappa shape index (κ2) is 8.61. The molecule has 0 aromatic carbocycles. The molecule has 8 bridgehead atoms. The van der Waals surface area contributed by atoms with E-state index in [1.807, 2.05) is 5.48 Å². The molecule has 8 aliphatic carbocycles. The molecule has 1 atom stereocenters. The van der Waals surface area contributed by atoms with E-state index in [4.69, 9.17) is 9.47 Å². The van der Waals surface area contributed by atoms with Gasteiger partial charge in [-0.25, -0.2) is 4.84 Å². The quantitative estimate of drug-likeness (QED) is 0.378. The van der Waals surface area contributed by atoms with Gasteiger partial charge in [-0.1, -0.05) is 0 Å². The molecule has 0 heterocycles. The molecule has 6 nitrogen and oxygen atoms in total. The maximum absolute atomic E-state index is 13.4. The number of nitrogens with one attached hydrogen (secondary N) is 1. The van der Waals surface area contributed by atoms with Crippen LogP contribution in [0.3, 0.4) is 0 Å². The van der Waals surface area contributed by atoms with Gasteiger partial charge in [0.05, 0.1) is 17.4 Å². The number of hydrogen-bond donors (Lipinski definition) is 1. The highest BCUT2D eigenvalue weighted by molar-refractivity contribution is 5.78. The third kappa shape index (κ3) is 4.72. The standard InChI is InChI=1S/C26H36F3NO5/c27-26(28,29)35-30-13-21(34-23(32)25-10-18-4-19(11-25)6-20(5-18)12-25)14-33-22(31)24-7-15-1-16(8-24)3-17(2-15)9-24/h15-21,30H,1-14H2. The summed E-state index contributed by atoms with van der Waals surface area (Å²) in [6.45, 7) is -0.654. The Morgan fingerprint density at radius 2 is 1.14 bits per heavy atom. The van der Waals surface area contributed by atoms with Gasteiger partial charge in [-0.15, -0.1) is 13.2 Å². The molecular weight excluding hydrogens is 463 g/mol. The maximum Gasteiger partial charge on any atom is 0.538 e. The van der Waals surface area contributed by atoms with Crippen molar-refractivity contribution in [3.8, 4) is 0 Å². The van der Waals surface area contributed by atoms with E-state index < -0.39 is 29.8 Å². The predicted octanol–water partition coefficient (Wildman–Crippen LogP) is 4.92. The molecule has 8 saturated carbocycles. The summed E-state index contributed by atoms with van der Waals surface area (Å²) in [6, 6.07) is 0. The van der Waals surface area contributed by atoms with Gasteiger partial charge in [0.15, 0.2) is 6.10 Å². The number of hydroxylamine groups is 1. The van der Waals surface area contributed by atoms with Gasteiger partial charge in [-0.3, -0.25) is 9.59 Å². The zero-order chi connectivity index (χ0) is 24.4.